The van der Waals surface area contributed by atoms with Crippen LogP contribution in [0.25, 0.3) is 0 Å². The molecular formula is C11H21F3N2. The van der Waals surface area contributed by atoms with Gasteiger partial charge in [-0.2, -0.15) is 13.2 Å². The number of nitrogens with one attached hydrogen (secondary N) is 1. The van der Waals surface area contributed by atoms with Gasteiger partial charge in [0.2, 0.25) is 0 Å². The Hall–Kier alpha value is -0.290. The Kier molecular flexibility index (Phi) is 5.55. The third-order valence-corrected chi connectivity index (χ3v) is 2.94. The van der Waals surface area contributed by atoms with E-state index in [9.17, 15) is 13.2 Å². The van der Waals surface area contributed by atoms with Crippen molar-refractivity contribution in [1.82, 2.24) is 10.2 Å². The number of rotatable bonds is 6. The van der Waals surface area contributed by atoms with Crippen molar-refractivity contribution in [2.45, 2.75) is 32.4 Å². The van der Waals surface area contributed by atoms with Crippen molar-refractivity contribution in [2.75, 3.05) is 32.7 Å². The van der Waals surface area contributed by atoms with Gasteiger partial charge in [0, 0.05) is 13.1 Å². The summed E-state index contributed by atoms with van der Waals surface area (Å²) in [5, 5.41) is 3.32. The van der Waals surface area contributed by atoms with E-state index in [1.165, 1.54) is 0 Å². The highest BCUT2D eigenvalue weighted by Gasteiger charge is 2.30. The lowest BCUT2D eigenvalue weighted by Gasteiger charge is -2.17. The van der Waals surface area contributed by atoms with Gasteiger partial charge in [0.05, 0.1) is 6.42 Å². The van der Waals surface area contributed by atoms with Gasteiger partial charge in [-0.15, -0.1) is 0 Å². The van der Waals surface area contributed by atoms with E-state index in [-0.39, 0.29) is 6.54 Å². The first-order valence-corrected chi connectivity index (χ1v) is 6.01. The molecule has 16 heavy (non-hydrogen) atoms. The fourth-order valence-corrected chi connectivity index (χ4v) is 2.05. The van der Waals surface area contributed by atoms with Crippen molar-refractivity contribution in [3.63, 3.8) is 0 Å². The molecule has 1 unspecified atom stereocenters. The zero-order valence-corrected chi connectivity index (χ0v) is 9.82. The molecule has 1 aliphatic heterocycles. The molecule has 0 bridgehead atoms. The molecule has 1 saturated heterocycles. The lowest BCUT2D eigenvalue weighted by molar-refractivity contribution is -0.137. The van der Waals surface area contributed by atoms with Crippen LogP contribution in [0.5, 0.6) is 0 Å². The van der Waals surface area contributed by atoms with Crippen LogP contribution in [0.4, 0.5) is 13.2 Å². The van der Waals surface area contributed by atoms with Gasteiger partial charge in [-0.05, 0) is 38.4 Å². The molecule has 0 saturated carbocycles. The number of halogens is 3. The second-order valence-corrected chi connectivity index (χ2v) is 4.52. The summed E-state index contributed by atoms with van der Waals surface area (Å²) in [7, 11) is 0. The molecule has 2 nitrogen and oxygen atoms in total. The number of alkyl halides is 3. The summed E-state index contributed by atoms with van der Waals surface area (Å²) in [6.07, 6.45) is -2.57. The summed E-state index contributed by atoms with van der Waals surface area (Å²) in [5.41, 5.74) is 0. The van der Waals surface area contributed by atoms with Gasteiger partial charge < -0.3 is 10.2 Å². The van der Waals surface area contributed by atoms with E-state index >= 15 is 0 Å². The molecule has 1 fully saturated rings. The minimum Gasteiger partial charge on any atom is -0.316 e. The highest BCUT2D eigenvalue weighted by molar-refractivity contribution is 4.77. The van der Waals surface area contributed by atoms with Crippen LogP contribution in [0.3, 0.4) is 0 Å². The summed E-state index contributed by atoms with van der Waals surface area (Å²) < 4.78 is 36.0. The molecule has 1 rings (SSSR count). The van der Waals surface area contributed by atoms with E-state index in [0.29, 0.717) is 5.92 Å². The fraction of sp³-hybridized carbons (Fsp3) is 1.00. The maximum Gasteiger partial charge on any atom is 0.390 e. The molecule has 1 heterocycles. The summed E-state index contributed by atoms with van der Waals surface area (Å²) in [5.74, 6) is 0.528. The molecule has 96 valence electrons. The Balaban J connectivity index is 2.10. The molecular weight excluding hydrogens is 217 g/mol. The van der Waals surface area contributed by atoms with Crippen LogP contribution < -0.4 is 5.32 Å². The zero-order chi connectivity index (χ0) is 12.0. The highest BCUT2D eigenvalue weighted by Crippen LogP contribution is 2.22. The molecule has 0 radical (unpaired) electrons. The second-order valence-electron chi connectivity index (χ2n) is 4.52. The van der Waals surface area contributed by atoms with Crippen LogP contribution in [-0.2, 0) is 0 Å². The molecule has 5 heteroatoms. The molecule has 0 aromatic rings. The monoisotopic (exact) mass is 238 g/mol. The first kappa shape index (κ1) is 13.8. The van der Waals surface area contributed by atoms with Gasteiger partial charge in [-0.1, -0.05) is 6.92 Å². The van der Waals surface area contributed by atoms with Crippen LogP contribution in [0.2, 0.25) is 0 Å². The van der Waals surface area contributed by atoms with E-state index in [2.05, 4.69) is 12.2 Å². The molecule has 0 aliphatic carbocycles. The lowest BCUT2D eigenvalue weighted by atomic mass is 10.1. The molecule has 0 aromatic carbocycles. The van der Waals surface area contributed by atoms with E-state index in [0.717, 1.165) is 39.0 Å². The van der Waals surface area contributed by atoms with Crippen molar-refractivity contribution in [3.05, 3.63) is 0 Å². The van der Waals surface area contributed by atoms with Gasteiger partial charge in [-0.25, -0.2) is 0 Å². The molecule has 0 amide bonds. The molecule has 1 N–H and O–H groups in total. The molecule has 0 aromatic heterocycles. The first-order valence-electron chi connectivity index (χ1n) is 6.01. The normalized spacial score (nSPS) is 22.9. The smallest absolute Gasteiger partial charge is 0.316 e. The summed E-state index contributed by atoms with van der Waals surface area (Å²) in [4.78, 5) is 1.92. The van der Waals surface area contributed by atoms with Crippen LogP contribution in [0.1, 0.15) is 26.2 Å². The van der Waals surface area contributed by atoms with Gasteiger partial charge in [-0.3, -0.25) is 0 Å². The van der Waals surface area contributed by atoms with Crippen molar-refractivity contribution in [1.29, 1.82) is 0 Å². The number of nitrogens with zero attached hydrogens (tertiary/aromatic N) is 1. The standard InChI is InChI=1S/C11H21F3N2/c1-2-5-15-8-10-3-6-16(9-10)7-4-11(12,13)14/h10,15H,2-9H2,1H3. The van der Waals surface area contributed by atoms with Gasteiger partial charge >= 0.3 is 6.18 Å². The lowest BCUT2D eigenvalue weighted by Crippen LogP contribution is -2.29. The Labute approximate surface area is 95.2 Å². The molecule has 1 aliphatic rings. The quantitative estimate of drug-likeness (QED) is 0.714. The minimum absolute atomic E-state index is 0.160. The third-order valence-electron chi connectivity index (χ3n) is 2.94. The van der Waals surface area contributed by atoms with Crippen LogP contribution in [-0.4, -0.2) is 43.8 Å². The first-order chi connectivity index (χ1) is 7.51. The van der Waals surface area contributed by atoms with Crippen molar-refractivity contribution in [2.24, 2.45) is 5.92 Å². The second kappa shape index (κ2) is 6.45. The topological polar surface area (TPSA) is 15.3 Å². The minimum atomic E-state index is -4.02. The van der Waals surface area contributed by atoms with Gasteiger partial charge in [0.1, 0.15) is 0 Å². The van der Waals surface area contributed by atoms with E-state index < -0.39 is 12.6 Å². The summed E-state index contributed by atoms with van der Waals surface area (Å²) in [6.45, 7) is 5.84. The van der Waals surface area contributed by atoms with Crippen LogP contribution in [0, 0.1) is 5.92 Å². The average Bonchev–Trinajstić information content (AvgIpc) is 2.62. The van der Waals surface area contributed by atoms with Crippen LogP contribution in [0.15, 0.2) is 0 Å². The molecule has 0 spiro atoms. The predicted molar refractivity (Wildman–Crippen MR) is 58.4 cm³/mol. The largest absolute Gasteiger partial charge is 0.390 e. The van der Waals surface area contributed by atoms with Gasteiger partial charge in [0.25, 0.3) is 0 Å². The SMILES string of the molecule is CCCNCC1CCN(CCC(F)(F)F)C1. The Morgan fingerprint density at radius 2 is 2.12 bits per heavy atom. The van der Waals surface area contributed by atoms with E-state index in [1.54, 1.807) is 0 Å². The van der Waals surface area contributed by atoms with E-state index in [1.807, 2.05) is 4.90 Å². The van der Waals surface area contributed by atoms with Crippen molar-refractivity contribution in [3.8, 4) is 0 Å². The number of hydrogen-bond acceptors (Lipinski definition) is 2. The summed E-state index contributed by atoms with van der Waals surface area (Å²) in [6, 6.07) is 0. The Bertz CT molecular complexity index is 194. The zero-order valence-electron chi connectivity index (χ0n) is 9.82. The predicted octanol–water partition coefficient (Wildman–Crippen LogP) is 2.26. The van der Waals surface area contributed by atoms with Crippen molar-refractivity contribution >= 4 is 0 Å². The Morgan fingerprint density at radius 1 is 1.38 bits per heavy atom. The highest BCUT2D eigenvalue weighted by atomic mass is 19.4. The average molecular weight is 238 g/mol. The third kappa shape index (κ3) is 5.70. The maximum atomic E-state index is 12.0. The summed E-state index contributed by atoms with van der Waals surface area (Å²) >= 11 is 0. The number of hydrogen-bond donors (Lipinski definition) is 1. The maximum absolute atomic E-state index is 12.0. The van der Waals surface area contributed by atoms with Gasteiger partial charge in [0.15, 0.2) is 0 Å². The van der Waals surface area contributed by atoms with E-state index in [4.69, 9.17) is 0 Å². The van der Waals surface area contributed by atoms with Crippen LogP contribution >= 0.6 is 0 Å². The molecule has 1 atom stereocenters. The van der Waals surface area contributed by atoms with Crippen molar-refractivity contribution < 1.29 is 13.2 Å². The number of likely N-dealkylation sites (tertiary alicyclic amines) is 1. The fourth-order valence-electron chi connectivity index (χ4n) is 2.05. The Morgan fingerprint density at radius 3 is 2.75 bits per heavy atom.